The highest BCUT2D eigenvalue weighted by molar-refractivity contribution is 7.85. The van der Waals surface area contributed by atoms with E-state index in [0.29, 0.717) is 30.9 Å². The van der Waals surface area contributed by atoms with Gasteiger partial charge in [0, 0.05) is 24.7 Å². The van der Waals surface area contributed by atoms with Gasteiger partial charge in [0.05, 0.1) is 29.8 Å². The highest BCUT2D eigenvalue weighted by Crippen LogP contribution is 2.46. The van der Waals surface area contributed by atoms with Crippen molar-refractivity contribution < 1.29 is 12.6 Å². The van der Waals surface area contributed by atoms with E-state index in [1.54, 1.807) is 0 Å². The first kappa shape index (κ1) is 23.0. The monoisotopic (exact) mass is 472 g/mol. The van der Waals surface area contributed by atoms with Crippen molar-refractivity contribution in [1.82, 2.24) is 24.4 Å². The minimum absolute atomic E-state index is 0.149. The third-order valence-electron chi connectivity index (χ3n) is 6.06. The normalized spacial score (nSPS) is 15.0. The van der Waals surface area contributed by atoms with Crippen LogP contribution in [0.1, 0.15) is 48.7 Å². The van der Waals surface area contributed by atoms with Gasteiger partial charge in [-0.25, -0.2) is 4.98 Å². The van der Waals surface area contributed by atoms with Gasteiger partial charge in [0.15, 0.2) is 5.65 Å². The zero-order chi connectivity index (χ0) is 23.8. The maximum Gasteiger partial charge on any atom is 0.264 e. The molecule has 0 radical (unpaired) electrons. The number of nitrogens with one attached hydrogen (secondary N) is 1. The van der Waals surface area contributed by atoms with Crippen LogP contribution in [0.25, 0.3) is 5.65 Å². The Morgan fingerprint density at radius 2 is 2.12 bits per heavy atom. The molecule has 176 valence electrons. The van der Waals surface area contributed by atoms with Crippen molar-refractivity contribution in [3.8, 4) is 6.07 Å². The van der Waals surface area contributed by atoms with Crippen molar-refractivity contribution in [3.63, 3.8) is 0 Å². The van der Waals surface area contributed by atoms with Crippen molar-refractivity contribution in [2.75, 3.05) is 30.5 Å². The molecule has 0 unspecified atom stereocenters. The molecule has 0 spiro atoms. The van der Waals surface area contributed by atoms with Gasteiger partial charge in [-0.1, -0.05) is 6.92 Å². The van der Waals surface area contributed by atoms with Crippen LogP contribution in [0.4, 0.5) is 11.6 Å². The number of hydrogen-bond acceptors (Lipinski definition) is 9. The topological polar surface area (TPSA) is 153 Å². The van der Waals surface area contributed by atoms with E-state index in [1.807, 2.05) is 30.8 Å². The van der Waals surface area contributed by atoms with E-state index in [0.717, 1.165) is 42.5 Å². The van der Waals surface area contributed by atoms with Crippen LogP contribution >= 0.6 is 0 Å². The summed E-state index contributed by atoms with van der Waals surface area (Å²) in [5, 5.41) is 21.9. The molecule has 1 aliphatic rings. The maximum atomic E-state index is 11.2. The van der Waals surface area contributed by atoms with E-state index < -0.39 is 10.1 Å². The number of fused-ring (bicyclic) bond motifs is 1. The number of nitrogens with zero attached hydrogens (tertiary/aromatic N) is 6. The fourth-order valence-corrected chi connectivity index (χ4v) is 4.45. The van der Waals surface area contributed by atoms with E-state index in [2.05, 4.69) is 26.6 Å². The molecule has 11 nitrogen and oxygen atoms in total. The second-order valence-corrected chi connectivity index (χ2v) is 10.1. The number of nitrogens with two attached hydrogens (primary N) is 1. The van der Waals surface area contributed by atoms with Gasteiger partial charge in [0.2, 0.25) is 0 Å². The molecule has 12 heteroatoms. The average molecular weight is 473 g/mol. The molecule has 1 fully saturated rings. The van der Waals surface area contributed by atoms with Crippen molar-refractivity contribution >= 4 is 27.4 Å². The number of anilines is 2. The van der Waals surface area contributed by atoms with Crippen molar-refractivity contribution in [2.24, 2.45) is 0 Å². The smallest absolute Gasteiger partial charge is 0.264 e. The Labute approximate surface area is 192 Å². The molecule has 0 aromatic carbocycles. The molecule has 0 amide bonds. The zero-order valence-electron chi connectivity index (χ0n) is 19.0. The third kappa shape index (κ3) is 4.65. The molecule has 4 rings (SSSR count). The van der Waals surface area contributed by atoms with Crippen LogP contribution in [0, 0.1) is 18.3 Å². The zero-order valence-corrected chi connectivity index (χ0v) is 19.8. The Balaban J connectivity index is 1.43. The van der Waals surface area contributed by atoms with Crippen LogP contribution in [0.5, 0.6) is 0 Å². The molecular formula is C21H28N8O3S. The molecule has 3 N–H and O–H groups in total. The largest absolute Gasteiger partial charge is 0.382 e. The summed E-state index contributed by atoms with van der Waals surface area (Å²) < 4.78 is 30.7. The molecule has 3 heterocycles. The quantitative estimate of drug-likeness (QED) is 0.420. The van der Waals surface area contributed by atoms with Crippen molar-refractivity contribution in [2.45, 2.75) is 51.5 Å². The minimum atomic E-state index is -3.44. The summed E-state index contributed by atoms with van der Waals surface area (Å²) >= 11 is 0. The van der Waals surface area contributed by atoms with Crippen LogP contribution in [0.3, 0.4) is 0 Å². The Morgan fingerprint density at radius 1 is 1.36 bits per heavy atom. The number of aryl methyl sites for hydroxylation is 2. The lowest BCUT2D eigenvalue weighted by Gasteiger charge is -2.15. The van der Waals surface area contributed by atoms with Crippen LogP contribution in [-0.2, 0) is 32.7 Å². The van der Waals surface area contributed by atoms with Crippen LogP contribution in [0.15, 0.2) is 12.3 Å². The summed E-state index contributed by atoms with van der Waals surface area (Å²) in [7, 11) is -3.44. The fourth-order valence-electron chi connectivity index (χ4n) is 4.06. The molecule has 0 bridgehead atoms. The van der Waals surface area contributed by atoms with Crippen molar-refractivity contribution in [3.05, 3.63) is 34.8 Å². The first-order chi connectivity index (χ1) is 15.7. The molecule has 0 saturated heterocycles. The molecule has 1 saturated carbocycles. The molecule has 3 aromatic rings. The minimum Gasteiger partial charge on any atom is -0.382 e. The van der Waals surface area contributed by atoms with Crippen molar-refractivity contribution in [1.29, 1.82) is 5.26 Å². The van der Waals surface area contributed by atoms with Gasteiger partial charge in [-0.2, -0.15) is 28.4 Å². The van der Waals surface area contributed by atoms with Crippen LogP contribution in [-0.4, -0.2) is 52.2 Å². The highest BCUT2D eigenvalue weighted by Gasteiger charge is 2.45. The Morgan fingerprint density at radius 3 is 2.76 bits per heavy atom. The second-order valence-electron chi connectivity index (χ2n) is 8.41. The SMILES string of the molecule is CCc1c(C)nn2c(N)c(C#N)c(NCCc3ccn(C4(CCOS(C)(=O)=O)CC4)n3)nc12. The number of hydrogen-bond donors (Lipinski definition) is 2. The summed E-state index contributed by atoms with van der Waals surface area (Å²) in [4.78, 5) is 4.64. The Hall–Kier alpha value is -3.17. The lowest BCUT2D eigenvalue weighted by Crippen LogP contribution is -2.21. The lowest BCUT2D eigenvalue weighted by molar-refractivity contribution is 0.265. The van der Waals surface area contributed by atoms with Gasteiger partial charge in [-0.05, 0) is 38.7 Å². The average Bonchev–Trinajstić information content (AvgIpc) is 3.24. The Bertz CT molecular complexity index is 1330. The van der Waals surface area contributed by atoms with E-state index in [4.69, 9.17) is 9.92 Å². The van der Waals surface area contributed by atoms with E-state index >= 15 is 0 Å². The van der Waals surface area contributed by atoms with Gasteiger partial charge in [0.25, 0.3) is 10.1 Å². The first-order valence-corrected chi connectivity index (χ1v) is 12.7. The number of rotatable bonds is 10. The van der Waals surface area contributed by atoms with E-state index in [-0.39, 0.29) is 23.5 Å². The molecule has 0 atom stereocenters. The summed E-state index contributed by atoms with van der Waals surface area (Å²) in [6, 6.07) is 4.08. The van der Waals surface area contributed by atoms with Gasteiger partial charge in [-0.15, -0.1) is 0 Å². The second kappa shape index (κ2) is 8.64. The number of nitrogen functional groups attached to an aromatic ring is 1. The molecule has 0 aliphatic heterocycles. The molecule has 1 aliphatic carbocycles. The van der Waals surface area contributed by atoms with Gasteiger partial charge < -0.3 is 11.1 Å². The third-order valence-corrected chi connectivity index (χ3v) is 6.65. The summed E-state index contributed by atoms with van der Waals surface area (Å²) in [5.41, 5.74) is 9.70. The molecule has 3 aromatic heterocycles. The molecular weight excluding hydrogens is 444 g/mol. The first-order valence-electron chi connectivity index (χ1n) is 10.9. The van der Waals surface area contributed by atoms with Gasteiger partial charge in [-0.3, -0.25) is 8.86 Å². The van der Waals surface area contributed by atoms with Crippen LogP contribution in [0.2, 0.25) is 0 Å². The van der Waals surface area contributed by atoms with E-state index in [1.165, 1.54) is 4.52 Å². The lowest BCUT2D eigenvalue weighted by atomic mass is 10.2. The predicted octanol–water partition coefficient (Wildman–Crippen LogP) is 1.76. The van der Waals surface area contributed by atoms with Gasteiger partial charge >= 0.3 is 0 Å². The maximum absolute atomic E-state index is 11.2. The predicted molar refractivity (Wildman–Crippen MR) is 123 cm³/mol. The summed E-state index contributed by atoms with van der Waals surface area (Å²) in [6.45, 7) is 4.61. The summed E-state index contributed by atoms with van der Waals surface area (Å²) in [5.74, 6) is 0.706. The van der Waals surface area contributed by atoms with Gasteiger partial charge in [0.1, 0.15) is 23.3 Å². The molecule has 33 heavy (non-hydrogen) atoms. The van der Waals surface area contributed by atoms with E-state index in [9.17, 15) is 13.7 Å². The Kier molecular flexibility index (Phi) is 6.02. The summed E-state index contributed by atoms with van der Waals surface area (Å²) in [6.07, 6.45) is 6.85. The number of nitriles is 1. The number of aromatic nitrogens is 5. The highest BCUT2D eigenvalue weighted by atomic mass is 32.2. The standard InChI is InChI=1S/C21H28N8O3S/c1-4-16-14(2)26-29-18(23)17(13-22)19(25-20(16)29)24-10-5-15-6-11-28(27-15)21(7-8-21)9-12-32-33(3,30)31/h6,11H,4-5,7-10,12,23H2,1-3H3,(H,24,25). The fraction of sp³-hybridized carbons (Fsp3) is 0.524. The van der Waals surface area contributed by atoms with Crippen LogP contribution < -0.4 is 11.1 Å².